The highest BCUT2D eigenvalue weighted by Crippen LogP contribution is 2.19. The molecule has 3 nitrogen and oxygen atoms in total. The summed E-state index contributed by atoms with van der Waals surface area (Å²) < 4.78 is 6.22. The van der Waals surface area contributed by atoms with E-state index < -0.39 is 8.32 Å². The Morgan fingerprint density at radius 1 is 0.500 bits per heavy atom. The van der Waals surface area contributed by atoms with Gasteiger partial charge in [0.15, 0.2) is 5.78 Å². The molecule has 0 aromatic heterocycles. The summed E-state index contributed by atoms with van der Waals surface area (Å²) >= 11 is 0. The molecule has 0 saturated carbocycles. The molecular formula is C34H66O3Si. The monoisotopic (exact) mass is 550 g/mol. The van der Waals surface area contributed by atoms with Gasteiger partial charge in [0, 0.05) is 31.8 Å². The number of Topliss-reactive ketones (excluding diaryl/α,β-unsaturated/α-hetero) is 1. The van der Waals surface area contributed by atoms with Gasteiger partial charge in [0.1, 0.15) is 5.78 Å². The van der Waals surface area contributed by atoms with Crippen molar-refractivity contribution in [2.75, 3.05) is 0 Å². The molecule has 38 heavy (non-hydrogen) atoms. The largest absolute Gasteiger partial charge is 0.547 e. The summed E-state index contributed by atoms with van der Waals surface area (Å²) in [6, 6.07) is 0. The summed E-state index contributed by atoms with van der Waals surface area (Å²) in [6.07, 6.45) is 31.0. The summed E-state index contributed by atoms with van der Waals surface area (Å²) in [5, 5.41) is 0. The third-order valence-corrected chi connectivity index (χ3v) is 8.10. The fourth-order valence-corrected chi connectivity index (χ4v) is 5.93. The molecule has 0 amide bonds. The van der Waals surface area contributed by atoms with Crippen LogP contribution in [-0.4, -0.2) is 19.9 Å². The van der Waals surface area contributed by atoms with E-state index in [0.29, 0.717) is 31.5 Å². The van der Waals surface area contributed by atoms with Gasteiger partial charge in [-0.05, 0) is 38.9 Å². The van der Waals surface area contributed by atoms with Crippen LogP contribution in [0.5, 0.6) is 0 Å². The van der Waals surface area contributed by atoms with E-state index in [2.05, 4.69) is 33.5 Å². The number of carbonyl (C=O) groups excluding carboxylic acids is 2. The van der Waals surface area contributed by atoms with Crippen LogP contribution in [0.25, 0.3) is 0 Å². The van der Waals surface area contributed by atoms with Crippen LogP contribution in [0.2, 0.25) is 19.6 Å². The minimum atomic E-state index is -1.78. The van der Waals surface area contributed by atoms with E-state index >= 15 is 0 Å². The molecule has 4 heteroatoms. The van der Waals surface area contributed by atoms with E-state index in [1.165, 1.54) is 109 Å². The second-order valence-electron chi connectivity index (χ2n) is 12.5. The predicted octanol–water partition coefficient (Wildman–Crippen LogP) is 11.7. The second-order valence-corrected chi connectivity index (χ2v) is 17.0. The summed E-state index contributed by atoms with van der Waals surface area (Å²) in [6.45, 7) is 11.0. The molecule has 0 unspecified atom stereocenters. The number of rotatable bonds is 29. The molecule has 0 radical (unpaired) electrons. The van der Waals surface area contributed by atoms with Gasteiger partial charge in [-0.15, -0.1) is 0 Å². The lowest BCUT2D eigenvalue weighted by molar-refractivity contribution is -0.119. The number of unbranched alkanes of at least 4 members (excludes halogenated alkanes) is 18. The fourth-order valence-electron chi connectivity index (χ4n) is 4.98. The number of allylic oxidation sites excluding steroid dienone is 2. The number of hydrogen-bond donors (Lipinski definition) is 0. The van der Waals surface area contributed by atoms with Crippen LogP contribution in [0, 0.1) is 0 Å². The Balaban J connectivity index is 4.02. The maximum atomic E-state index is 12.6. The van der Waals surface area contributed by atoms with Crippen molar-refractivity contribution < 1.29 is 14.0 Å². The highest BCUT2D eigenvalue weighted by molar-refractivity contribution is 6.70. The molecule has 0 fully saturated rings. The van der Waals surface area contributed by atoms with Crippen LogP contribution in [-0.2, 0) is 14.0 Å². The average molecular weight is 551 g/mol. The summed E-state index contributed by atoms with van der Waals surface area (Å²) in [7, 11) is -1.78. The average Bonchev–Trinajstić information content (AvgIpc) is 2.85. The van der Waals surface area contributed by atoms with Gasteiger partial charge >= 0.3 is 0 Å². The zero-order valence-corrected chi connectivity index (χ0v) is 27.5. The third kappa shape index (κ3) is 28.1. The number of hydrogen-bond acceptors (Lipinski definition) is 3. The van der Waals surface area contributed by atoms with E-state index in [0.717, 1.165) is 31.4 Å². The van der Waals surface area contributed by atoms with Crippen molar-refractivity contribution in [1.82, 2.24) is 0 Å². The van der Waals surface area contributed by atoms with Crippen molar-refractivity contribution in [3.8, 4) is 0 Å². The first-order valence-electron chi connectivity index (χ1n) is 16.7. The van der Waals surface area contributed by atoms with Gasteiger partial charge in [-0.2, -0.15) is 0 Å². The van der Waals surface area contributed by atoms with Crippen molar-refractivity contribution >= 4 is 19.9 Å². The Bertz CT molecular complexity index is 591. The van der Waals surface area contributed by atoms with Crippen molar-refractivity contribution in [1.29, 1.82) is 0 Å². The fraction of sp³-hybridized carbons (Fsp3) is 0.882. The molecule has 0 bridgehead atoms. The molecule has 224 valence electrons. The van der Waals surface area contributed by atoms with Gasteiger partial charge < -0.3 is 4.43 Å². The molecule has 0 N–H and O–H groups in total. The van der Waals surface area contributed by atoms with E-state index in [1.54, 1.807) is 6.08 Å². The van der Waals surface area contributed by atoms with Gasteiger partial charge in [-0.1, -0.05) is 129 Å². The predicted molar refractivity (Wildman–Crippen MR) is 169 cm³/mol. The van der Waals surface area contributed by atoms with Crippen molar-refractivity contribution in [2.45, 2.75) is 194 Å². The van der Waals surface area contributed by atoms with Gasteiger partial charge in [0.2, 0.25) is 8.32 Å². The Labute approximate surface area is 239 Å². The smallest absolute Gasteiger partial charge is 0.241 e. The summed E-state index contributed by atoms with van der Waals surface area (Å²) in [5.74, 6) is 1.37. The lowest BCUT2D eigenvalue weighted by atomic mass is 10.0. The molecule has 0 aliphatic rings. The van der Waals surface area contributed by atoms with Crippen molar-refractivity contribution in [3.05, 3.63) is 11.8 Å². The Morgan fingerprint density at radius 2 is 0.868 bits per heavy atom. The molecule has 0 heterocycles. The highest BCUT2D eigenvalue weighted by atomic mass is 28.4. The van der Waals surface area contributed by atoms with E-state index in [9.17, 15) is 9.59 Å². The quantitative estimate of drug-likeness (QED) is 0.0402. The maximum Gasteiger partial charge on any atom is 0.241 e. The lowest BCUT2D eigenvalue weighted by Crippen LogP contribution is -2.25. The first-order chi connectivity index (χ1) is 18.3. The zero-order valence-electron chi connectivity index (χ0n) is 26.5. The van der Waals surface area contributed by atoms with Gasteiger partial charge in [-0.25, -0.2) is 0 Å². The SMILES string of the molecule is CCCCCCCCCCCCCCCC(=O)/C=C(/CCCC(=O)CCCCCCCCC)O[Si](C)(C)C. The second kappa shape index (κ2) is 26.3. The van der Waals surface area contributed by atoms with Crippen molar-refractivity contribution in [3.63, 3.8) is 0 Å². The van der Waals surface area contributed by atoms with Crippen LogP contribution in [0.4, 0.5) is 0 Å². The van der Waals surface area contributed by atoms with Crippen LogP contribution < -0.4 is 0 Å². The molecule has 0 atom stereocenters. The van der Waals surface area contributed by atoms with E-state index in [1.807, 2.05) is 0 Å². The minimum Gasteiger partial charge on any atom is -0.547 e. The molecule has 0 aromatic carbocycles. The number of ketones is 2. The topological polar surface area (TPSA) is 43.4 Å². The number of carbonyl (C=O) groups is 2. The van der Waals surface area contributed by atoms with Gasteiger partial charge in [-0.3, -0.25) is 9.59 Å². The van der Waals surface area contributed by atoms with Crippen molar-refractivity contribution in [2.24, 2.45) is 0 Å². The molecule has 0 spiro atoms. The normalized spacial score (nSPS) is 12.2. The van der Waals surface area contributed by atoms with Crippen LogP contribution in [0.15, 0.2) is 11.8 Å². The molecule has 0 aliphatic heterocycles. The molecule has 0 saturated heterocycles. The zero-order chi connectivity index (χ0) is 28.3. The van der Waals surface area contributed by atoms with E-state index in [4.69, 9.17) is 4.43 Å². The molecule has 0 aromatic rings. The van der Waals surface area contributed by atoms with Crippen LogP contribution >= 0.6 is 0 Å². The summed E-state index contributed by atoms with van der Waals surface area (Å²) in [5.41, 5.74) is 0. The standard InChI is InChI=1S/C34H66O3Si/c1-6-8-10-12-14-15-16-17-18-19-21-23-25-28-33(36)31-34(37-38(3,4)5)30-26-29-32(35)27-24-22-20-13-11-9-7-2/h31H,6-30H2,1-5H3/b34-31-. The Morgan fingerprint density at radius 3 is 1.29 bits per heavy atom. The van der Waals surface area contributed by atoms with Crippen LogP contribution in [0.1, 0.15) is 174 Å². The first kappa shape index (κ1) is 37.1. The summed E-state index contributed by atoms with van der Waals surface area (Å²) in [4.78, 5) is 24.9. The Hall–Kier alpha value is -0.903. The molecule has 0 rings (SSSR count). The maximum absolute atomic E-state index is 12.6. The highest BCUT2D eigenvalue weighted by Gasteiger charge is 2.18. The van der Waals surface area contributed by atoms with Gasteiger partial charge in [0.05, 0.1) is 5.76 Å². The van der Waals surface area contributed by atoms with Gasteiger partial charge in [0.25, 0.3) is 0 Å². The first-order valence-corrected chi connectivity index (χ1v) is 20.1. The molecule has 0 aliphatic carbocycles. The Kier molecular flexibility index (Phi) is 25.7. The lowest BCUT2D eigenvalue weighted by Gasteiger charge is -2.22. The van der Waals surface area contributed by atoms with E-state index in [-0.39, 0.29) is 5.78 Å². The molecular weight excluding hydrogens is 484 g/mol. The third-order valence-electron chi connectivity index (χ3n) is 7.22. The van der Waals surface area contributed by atoms with Crippen LogP contribution in [0.3, 0.4) is 0 Å². The minimum absolute atomic E-state index is 0.190.